The lowest BCUT2D eigenvalue weighted by atomic mass is 9.60. The van der Waals surface area contributed by atoms with Crippen LogP contribution >= 0.6 is 0 Å². The van der Waals surface area contributed by atoms with Crippen LogP contribution in [0.1, 0.15) is 85.5 Å². The van der Waals surface area contributed by atoms with Crippen LogP contribution in [0.2, 0.25) is 0 Å². The van der Waals surface area contributed by atoms with Crippen LogP contribution in [0.4, 0.5) is 0 Å². The van der Waals surface area contributed by atoms with Crippen LogP contribution < -0.4 is 0 Å². The van der Waals surface area contributed by atoms with Gasteiger partial charge in [-0.2, -0.15) is 0 Å². The van der Waals surface area contributed by atoms with E-state index >= 15 is 0 Å². The fraction of sp³-hybridized carbons (Fsp3) is 0.741. The highest BCUT2D eigenvalue weighted by Gasteiger charge is 2.50. The molecule has 0 aromatic heterocycles. The van der Waals surface area contributed by atoms with Crippen molar-refractivity contribution in [2.24, 2.45) is 23.2 Å². The summed E-state index contributed by atoms with van der Waals surface area (Å²) >= 11 is 0. The third kappa shape index (κ3) is 5.58. The molecule has 3 aliphatic carbocycles. The van der Waals surface area contributed by atoms with Crippen LogP contribution in [0, 0.1) is 23.2 Å². The molecule has 0 saturated heterocycles. The third-order valence-corrected chi connectivity index (χ3v) is 8.17. The molecule has 0 spiro atoms. The molecule has 3 N–H and O–H groups in total. The van der Waals surface area contributed by atoms with Gasteiger partial charge < -0.3 is 15.3 Å². The van der Waals surface area contributed by atoms with E-state index in [0.29, 0.717) is 37.0 Å². The monoisotopic (exact) mass is 430 g/mol. The van der Waals surface area contributed by atoms with Crippen molar-refractivity contribution in [1.82, 2.24) is 0 Å². The molecule has 0 aromatic rings. The van der Waals surface area contributed by atoms with E-state index in [1.54, 1.807) is 13.8 Å². The second-order valence-electron chi connectivity index (χ2n) is 11.4. The summed E-state index contributed by atoms with van der Waals surface area (Å²) in [5.41, 5.74) is 2.45. The molecule has 3 saturated carbocycles. The van der Waals surface area contributed by atoms with Crippen LogP contribution in [0.15, 0.2) is 35.5 Å². The molecule has 3 fully saturated rings. The van der Waals surface area contributed by atoms with E-state index in [1.807, 2.05) is 0 Å². The maximum absolute atomic E-state index is 12.5. The Kier molecular flexibility index (Phi) is 7.35. The Bertz CT molecular complexity index is 756. The Balaban J connectivity index is 1.73. The van der Waals surface area contributed by atoms with Crippen molar-refractivity contribution in [3.8, 4) is 0 Å². The minimum atomic E-state index is -0.933. The molecule has 0 unspecified atom stereocenters. The Hall–Kier alpha value is -1.23. The number of carbonyl (C=O) groups excluding carboxylic acids is 1. The number of hydrogen-bond donors (Lipinski definition) is 3. The number of fused-ring (bicyclic) bond motifs is 1. The highest BCUT2D eigenvalue weighted by atomic mass is 16.3. The zero-order chi connectivity index (χ0) is 23.0. The van der Waals surface area contributed by atoms with Gasteiger partial charge in [0, 0.05) is 19.3 Å². The van der Waals surface area contributed by atoms with Crippen molar-refractivity contribution in [2.45, 2.75) is 103 Å². The first kappa shape index (κ1) is 24.4. The van der Waals surface area contributed by atoms with Gasteiger partial charge in [0.05, 0.1) is 17.8 Å². The molecule has 6 atom stereocenters. The zero-order valence-electron chi connectivity index (χ0n) is 19.9. The number of aliphatic hydroxyl groups excluding tert-OH is 2. The van der Waals surface area contributed by atoms with E-state index in [4.69, 9.17) is 0 Å². The first-order chi connectivity index (χ1) is 14.4. The average Bonchev–Trinajstić information content (AvgIpc) is 2.99. The van der Waals surface area contributed by atoms with Gasteiger partial charge in [-0.15, -0.1) is 0 Å². The van der Waals surface area contributed by atoms with Crippen LogP contribution in [0.3, 0.4) is 0 Å². The lowest BCUT2D eigenvalue weighted by molar-refractivity contribution is -0.124. The molecule has 31 heavy (non-hydrogen) atoms. The van der Waals surface area contributed by atoms with E-state index in [-0.39, 0.29) is 17.6 Å². The van der Waals surface area contributed by atoms with Gasteiger partial charge in [0.2, 0.25) is 0 Å². The molecule has 4 nitrogen and oxygen atoms in total. The highest BCUT2D eigenvalue weighted by Crippen LogP contribution is 2.59. The van der Waals surface area contributed by atoms with E-state index < -0.39 is 17.8 Å². The van der Waals surface area contributed by atoms with E-state index in [9.17, 15) is 20.1 Å². The lowest BCUT2D eigenvalue weighted by Crippen LogP contribution is -2.36. The lowest BCUT2D eigenvalue weighted by Gasteiger charge is -2.44. The topological polar surface area (TPSA) is 77.8 Å². The molecule has 0 amide bonds. The Morgan fingerprint density at radius 3 is 2.68 bits per heavy atom. The third-order valence-electron chi connectivity index (χ3n) is 8.17. The molecule has 3 rings (SSSR count). The molecular weight excluding hydrogens is 388 g/mol. The molecule has 0 bridgehead atoms. The number of allylic oxidation sites excluding steroid dienone is 3. The molecule has 0 radical (unpaired) electrons. The standard InChI is InChI=1S/C27H42O4/c1-17(13-22(29)16-26(3,4)31)23-10-11-24-19(7-6-12-27(23,24)5)8-9-20-14-21(28)15-25(30)18(20)2/h8-9,17,21,23-25,28,30-31H,2,6-7,10-16H2,1,3-5H3/b19-8+,20-9-/t17-,21+,23-,24+,25-,27-/m1/s1. The number of carbonyl (C=O) groups is 1. The first-order valence-electron chi connectivity index (χ1n) is 12.1. The van der Waals surface area contributed by atoms with Gasteiger partial charge in [0.15, 0.2) is 0 Å². The normalized spacial score (nSPS) is 37.8. The molecule has 0 aromatic carbocycles. The van der Waals surface area contributed by atoms with E-state index in [0.717, 1.165) is 36.8 Å². The maximum Gasteiger partial charge on any atom is 0.136 e. The van der Waals surface area contributed by atoms with Crippen molar-refractivity contribution in [2.75, 3.05) is 0 Å². The van der Waals surface area contributed by atoms with Gasteiger partial charge >= 0.3 is 0 Å². The molecule has 4 heteroatoms. The second kappa shape index (κ2) is 9.33. The summed E-state index contributed by atoms with van der Waals surface area (Å²) in [6.07, 6.45) is 10.6. The fourth-order valence-electron chi connectivity index (χ4n) is 6.74. The van der Waals surface area contributed by atoms with Crippen molar-refractivity contribution in [3.63, 3.8) is 0 Å². The molecule has 0 heterocycles. The van der Waals surface area contributed by atoms with E-state index in [2.05, 4.69) is 32.6 Å². The van der Waals surface area contributed by atoms with Gasteiger partial charge in [0.25, 0.3) is 0 Å². The SMILES string of the molecule is C=C1/C(=C\C=C2/CCC[C@]3(C)[C@@H]([C@H](C)CC(=O)CC(C)(C)O)CC[C@@H]23)C[C@H](O)C[C@H]1O. The van der Waals surface area contributed by atoms with Crippen LogP contribution in [-0.2, 0) is 4.79 Å². The molecule has 0 aliphatic heterocycles. The predicted molar refractivity (Wildman–Crippen MR) is 124 cm³/mol. The summed E-state index contributed by atoms with van der Waals surface area (Å²) in [6, 6.07) is 0. The molecular formula is C27H42O4. The Morgan fingerprint density at radius 2 is 2.00 bits per heavy atom. The highest BCUT2D eigenvalue weighted by molar-refractivity contribution is 5.79. The number of hydrogen-bond acceptors (Lipinski definition) is 4. The van der Waals surface area contributed by atoms with Crippen molar-refractivity contribution in [1.29, 1.82) is 0 Å². The van der Waals surface area contributed by atoms with Crippen LogP contribution in [0.25, 0.3) is 0 Å². The number of Topliss-reactive ketones (excluding diaryl/α,β-unsaturated/α-hetero) is 1. The van der Waals surface area contributed by atoms with Gasteiger partial charge in [-0.1, -0.05) is 38.2 Å². The summed E-state index contributed by atoms with van der Waals surface area (Å²) in [5, 5.41) is 30.1. The van der Waals surface area contributed by atoms with Gasteiger partial charge in [-0.3, -0.25) is 4.79 Å². The summed E-state index contributed by atoms with van der Waals surface area (Å²) in [6.45, 7) is 12.1. The summed E-state index contributed by atoms with van der Waals surface area (Å²) in [4.78, 5) is 12.5. The van der Waals surface area contributed by atoms with Crippen LogP contribution in [0.5, 0.6) is 0 Å². The second-order valence-corrected chi connectivity index (χ2v) is 11.4. The number of ketones is 1. The average molecular weight is 431 g/mol. The van der Waals surface area contributed by atoms with Crippen molar-refractivity contribution in [3.05, 3.63) is 35.5 Å². The number of aliphatic hydroxyl groups is 3. The quantitative estimate of drug-likeness (QED) is 0.561. The molecule has 174 valence electrons. The summed E-state index contributed by atoms with van der Waals surface area (Å²) in [7, 11) is 0. The van der Waals surface area contributed by atoms with Gasteiger partial charge in [-0.05, 0) is 86.7 Å². The molecule has 3 aliphatic rings. The predicted octanol–water partition coefficient (Wildman–Crippen LogP) is 4.88. The largest absolute Gasteiger partial charge is 0.393 e. The zero-order valence-corrected chi connectivity index (χ0v) is 19.9. The maximum atomic E-state index is 12.5. The Morgan fingerprint density at radius 1 is 1.29 bits per heavy atom. The van der Waals surface area contributed by atoms with Crippen molar-refractivity contribution >= 4 is 5.78 Å². The minimum Gasteiger partial charge on any atom is -0.393 e. The van der Waals surface area contributed by atoms with Gasteiger partial charge in [0.1, 0.15) is 5.78 Å². The minimum absolute atomic E-state index is 0.163. The number of rotatable bonds is 6. The first-order valence-corrected chi connectivity index (χ1v) is 12.1. The fourth-order valence-corrected chi connectivity index (χ4v) is 6.74. The Labute approximate surface area is 188 Å². The smallest absolute Gasteiger partial charge is 0.136 e. The van der Waals surface area contributed by atoms with Crippen LogP contribution in [-0.4, -0.2) is 38.9 Å². The van der Waals surface area contributed by atoms with Crippen molar-refractivity contribution < 1.29 is 20.1 Å². The summed E-state index contributed by atoms with van der Waals surface area (Å²) < 4.78 is 0. The summed E-state index contributed by atoms with van der Waals surface area (Å²) in [5.74, 6) is 1.54. The van der Waals surface area contributed by atoms with Gasteiger partial charge in [-0.25, -0.2) is 0 Å². The van der Waals surface area contributed by atoms with E-state index in [1.165, 1.54) is 12.0 Å².